The third-order valence-electron chi connectivity index (χ3n) is 6.17. The van der Waals surface area contributed by atoms with E-state index in [1.165, 1.54) is 6.07 Å². The summed E-state index contributed by atoms with van der Waals surface area (Å²) in [6, 6.07) is 21.7. The number of fused-ring (bicyclic) bond motifs is 1. The Morgan fingerprint density at radius 2 is 1.83 bits per heavy atom. The molecule has 0 radical (unpaired) electrons. The van der Waals surface area contributed by atoms with Crippen LogP contribution in [0.3, 0.4) is 0 Å². The van der Waals surface area contributed by atoms with Crippen LogP contribution >= 0.6 is 0 Å². The lowest BCUT2D eigenvalue weighted by Crippen LogP contribution is -2.30. The predicted octanol–water partition coefficient (Wildman–Crippen LogP) is 3.16. The van der Waals surface area contributed by atoms with Gasteiger partial charge in [0.2, 0.25) is 10.0 Å². The molecule has 178 valence electrons. The highest BCUT2D eigenvalue weighted by Crippen LogP contribution is 2.35. The van der Waals surface area contributed by atoms with Crippen molar-refractivity contribution in [2.24, 2.45) is 10.9 Å². The van der Waals surface area contributed by atoms with Crippen LogP contribution in [0.5, 0.6) is 0 Å². The maximum Gasteiger partial charge on any atom is 0.277 e. The molecule has 4 N–H and O–H groups in total. The third kappa shape index (κ3) is 4.25. The van der Waals surface area contributed by atoms with Gasteiger partial charge in [0.15, 0.2) is 0 Å². The molecule has 35 heavy (non-hydrogen) atoms. The molecule has 1 aliphatic heterocycles. The Bertz CT molecular complexity index is 1560. The number of amides is 1. The second kappa shape index (κ2) is 8.77. The minimum absolute atomic E-state index is 0.0740. The van der Waals surface area contributed by atoms with Gasteiger partial charge in [-0.05, 0) is 66.4 Å². The molecule has 2 heterocycles. The van der Waals surface area contributed by atoms with E-state index in [2.05, 4.69) is 5.10 Å². The van der Waals surface area contributed by atoms with Gasteiger partial charge in [-0.25, -0.2) is 18.2 Å². The fourth-order valence-corrected chi connectivity index (χ4v) is 5.30. The second-order valence-corrected chi connectivity index (χ2v) is 10.1. The fourth-order valence-electron chi connectivity index (χ4n) is 4.54. The van der Waals surface area contributed by atoms with Crippen molar-refractivity contribution in [1.82, 2.24) is 9.78 Å². The van der Waals surface area contributed by atoms with Crippen molar-refractivity contribution in [3.8, 4) is 16.8 Å². The molecule has 0 saturated carbocycles. The molecule has 1 aliphatic rings. The summed E-state index contributed by atoms with van der Waals surface area (Å²) in [5.41, 5.74) is 11.8. The standard InChI is InChI=1S/C26H25N5O3S/c1-17-13-24(31(29-17)21-6-4-5-18(14-21)16-27)26(32)30-12-11-20-15-19(9-10-23(20)30)22-7-2-3-8-25(22)35(28,33)34/h2-10,13-15H,11-12,16,27H2,1H3,(H2,28,33,34). The Kier molecular flexibility index (Phi) is 5.76. The highest BCUT2D eigenvalue weighted by molar-refractivity contribution is 7.89. The van der Waals surface area contributed by atoms with Crippen molar-refractivity contribution in [1.29, 1.82) is 0 Å². The van der Waals surface area contributed by atoms with E-state index in [0.717, 1.165) is 33.8 Å². The molecule has 0 bridgehead atoms. The minimum atomic E-state index is -3.87. The highest BCUT2D eigenvalue weighted by atomic mass is 32.2. The maximum atomic E-state index is 13.7. The topological polar surface area (TPSA) is 124 Å². The van der Waals surface area contributed by atoms with Crippen molar-refractivity contribution in [3.05, 3.63) is 95.3 Å². The molecule has 0 fully saturated rings. The summed E-state index contributed by atoms with van der Waals surface area (Å²) in [7, 11) is -3.87. The van der Waals surface area contributed by atoms with Crippen molar-refractivity contribution < 1.29 is 13.2 Å². The van der Waals surface area contributed by atoms with Crippen molar-refractivity contribution in [2.75, 3.05) is 11.4 Å². The first-order valence-corrected chi connectivity index (χ1v) is 12.7. The Morgan fingerprint density at radius 1 is 1.03 bits per heavy atom. The van der Waals surface area contributed by atoms with E-state index in [4.69, 9.17) is 10.9 Å². The van der Waals surface area contributed by atoms with Crippen molar-refractivity contribution in [3.63, 3.8) is 0 Å². The Balaban J connectivity index is 1.51. The zero-order valence-corrected chi connectivity index (χ0v) is 20.0. The summed E-state index contributed by atoms with van der Waals surface area (Å²) in [5.74, 6) is -0.153. The quantitative estimate of drug-likeness (QED) is 0.447. The van der Waals surface area contributed by atoms with Gasteiger partial charge in [-0.15, -0.1) is 0 Å². The summed E-state index contributed by atoms with van der Waals surface area (Å²) in [4.78, 5) is 15.5. The number of nitrogens with two attached hydrogens (primary N) is 2. The first kappa shape index (κ1) is 23.0. The molecule has 9 heteroatoms. The van der Waals surface area contributed by atoms with Crippen LogP contribution in [-0.4, -0.2) is 30.7 Å². The number of carbonyl (C=O) groups excluding carboxylic acids is 1. The average molecular weight is 488 g/mol. The number of aromatic nitrogens is 2. The lowest BCUT2D eigenvalue weighted by Gasteiger charge is -2.19. The van der Waals surface area contributed by atoms with Crippen LogP contribution in [0, 0.1) is 6.92 Å². The molecule has 3 aromatic carbocycles. The molecular formula is C26H25N5O3S. The van der Waals surface area contributed by atoms with E-state index in [1.54, 1.807) is 33.8 Å². The summed E-state index contributed by atoms with van der Waals surface area (Å²) >= 11 is 0. The Labute approximate surface area is 203 Å². The van der Waals surface area contributed by atoms with Gasteiger partial charge in [0.25, 0.3) is 5.91 Å². The van der Waals surface area contributed by atoms with E-state index < -0.39 is 10.0 Å². The Hall–Kier alpha value is -3.79. The van der Waals surface area contributed by atoms with E-state index >= 15 is 0 Å². The molecule has 4 aromatic rings. The van der Waals surface area contributed by atoms with E-state index in [-0.39, 0.29) is 10.8 Å². The first-order chi connectivity index (χ1) is 16.8. The number of hydrogen-bond donors (Lipinski definition) is 2. The van der Waals surface area contributed by atoms with Crippen LogP contribution < -0.4 is 15.8 Å². The van der Waals surface area contributed by atoms with E-state index in [0.29, 0.717) is 30.8 Å². The number of benzene rings is 3. The third-order valence-corrected chi connectivity index (χ3v) is 7.14. The first-order valence-electron chi connectivity index (χ1n) is 11.2. The molecule has 0 spiro atoms. The molecule has 8 nitrogen and oxygen atoms in total. The normalized spacial score (nSPS) is 13.2. The van der Waals surface area contributed by atoms with Gasteiger partial charge >= 0.3 is 0 Å². The number of primary sulfonamides is 1. The number of rotatable bonds is 5. The van der Waals surface area contributed by atoms with Gasteiger partial charge in [0.05, 0.1) is 16.3 Å². The van der Waals surface area contributed by atoms with Gasteiger partial charge < -0.3 is 10.6 Å². The summed E-state index contributed by atoms with van der Waals surface area (Å²) in [6.07, 6.45) is 0.655. The number of hydrogen-bond acceptors (Lipinski definition) is 5. The second-order valence-electron chi connectivity index (χ2n) is 8.55. The van der Waals surface area contributed by atoms with Crippen LogP contribution in [-0.2, 0) is 23.0 Å². The number of nitrogens with zero attached hydrogens (tertiary/aromatic N) is 3. The number of anilines is 1. The monoisotopic (exact) mass is 487 g/mol. The van der Waals surface area contributed by atoms with E-state index in [9.17, 15) is 13.2 Å². The van der Waals surface area contributed by atoms with Gasteiger partial charge in [-0.2, -0.15) is 5.10 Å². The van der Waals surface area contributed by atoms with Gasteiger partial charge in [-0.1, -0.05) is 36.4 Å². The summed E-state index contributed by atoms with van der Waals surface area (Å²) in [6.45, 7) is 2.77. The molecular weight excluding hydrogens is 462 g/mol. The summed E-state index contributed by atoms with van der Waals surface area (Å²) < 4.78 is 25.8. The van der Waals surface area contributed by atoms with Crippen LogP contribution in [0.4, 0.5) is 5.69 Å². The molecule has 5 rings (SSSR count). The van der Waals surface area contributed by atoms with Crippen molar-refractivity contribution in [2.45, 2.75) is 24.8 Å². The molecule has 0 unspecified atom stereocenters. The molecule has 1 aromatic heterocycles. The van der Waals surface area contributed by atoms with Gasteiger partial charge in [0.1, 0.15) is 5.69 Å². The smallest absolute Gasteiger partial charge is 0.277 e. The Morgan fingerprint density at radius 3 is 2.60 bits per heavy atom. The van der Waals surface area contributed by atoms with Crippen LogP contribution in [0.25, 0.3) is 16.8 Å². The SMILES string of the molecule is Cc1cc(C(=O)N2CCc3cc(-c4ccccc4S(N)(=O)=O)ccc32)n(-c2cccc(CN)c2)n1. The predicted molar refractivity (Wildman–Crippen MR) is 135 cm³/mol. The number of sulfonamides is 1. The number of carbonyl (C=O) groups is 1. The molecule has 1 amide bonds. The summed E-state index contributed by atoms with van der Waals surface area (Å²) in [5, 5.41) is 9.97. The zero-order valence-electron chi connectivity index (χ0n) is 19.2. The molecule has 0 saturated heterocycles. The average Bonchev–Trinajstić information content (AvgIpc) is 3.46. The lowest BCUT2D eigenvalue weighted by atomic mass is 10.0. The fraction of sp³-hybridized carbons (Fsp3) is 0.154. The minimum Gasteiger partial charge on any atom is -0.326 e. The van der Waals surface area contributed by atoms with Gasteiger partial charge in [0, 0.05) is 24.3 Å². The lowest BCUT2D eigenvalue weighted by molar-refractivity contribution is 0.0982. The largest absolute Gasteiger partial charge is 0.326 e. The maximum absolute atomic E-state index is 13.7. The molecule has 0 aliphatic carbocycles. The zero-order chi connectivity index (χ0) is 24.7. The van der Waals surface area contributed by atoms with E-state index in [1.807, 2.05) is 49.4 Å². The highest BCUT2D eigenvalue weighted by Gasteiger charge is 2.29. The van der Waals surface area contributed by atoms with Crippen LogP contribution in [0.2, 0.25) is 0 Å². The number of aryl methyl sites for hydroxylation is 1. The van der Waals surface area contributed by atoms with Crippen LogP contribution in [0.1, 0.15) is 27.3 Å². The van der Waals surface area contributed by atoms with Crippen LogP contribution in [0.15, 0.2) is 77.7 Å². The van der Waals surface area contributed by atoms with Crippen molar-refractivity contribution >= 4 is 21.6 Å². The van der Waals surface area contributed by atoms with Gasteiger partial charge in [-0.3, -0.25) is 4.79 Å². The molecule has 0 atom stereocenters.